The average molecular weight is 540 g/mol. The smallest absolute Gasteiger partial charge is 0.410 e. The lowest BCUT2D eigenvalue weighted by Crippen LogP contribution is -2.64. The van der Waals surface area contributed by atoms with Crippen molar-refractivity contribution in [2.75, 3.05) is 44.2 Å². The Hall–Kier alpha value is -3.83. The van der Waals surface area contributed by atoms with Gasteiger partial charge in [-0.2, -0.15) is 5.26 Å². The number of benzene rings is 2. The molecule has 0 unspecified atom stereocenters. The van der Waals surface area contributed by atoms with Crippen molar-refractivity contribution >= 4 is 28.5 Å². The lowest BCUT2D eigenvalue weighted by Gasteiger charge is -2.48. The normalized spacial score (nSPS) is 19.2. The Bertz CT molecular complexity index is 1570. The van der Waals surface area contributed by atoms with Crippen LogP contribution in [0.2, 0.25) is 0 Å². The fraction of sp³-hybridized carbons (Fsp3) is 0.469. The van der Waals surface area contributed by atoms with Crippen molar-refractivity contribution in [3.63, 3.8) is 0 Å². The van der Waals surface area contributed by atoms with E-state index in [4.69, 9.17) is 4.74 Å². The van der Waals surface area contributed by atoms with Gasteiger partial charge in [0.15, 0.2) is 5.78 Å². The fourth-order valence-corrected chi connectivity index (χ4v) is 6.47. The van der Waals surface area contributed by atoms with Gasteiger partial charge >= 0.3 is 6.09 Å². The van der Waals surface area contributed by atoms with Crippen LogP contribution in [0.25, 0.3) is 10.9 Å². The topological polar surface area (TPSA) is 92.7 Å². The first-order valence-electron chi connectivity index (χ1n) is 14.1. The predicted molar refractivity (Wildman–Crippen MR) is 155 cm³/mol. The van der Waals surface area contributed by atoms with E-state index in [0.29, 0.717) is 24.7 Å². The molecule has 8 nitrogen and oxygen atoms in total. The molecule has 0 saturated carbocycles. The van der Waals surface area contributed by atoms with Crippen molar-refractivity contribution < 1.29 is 14.3 Å². The second-order valence-electron chi connectivity index (χ2n) is 12.9. The van der Waals surface area contributed by atoms with Gasteiger partial charge in [-0.1, -0.05) is 19.9 Å². The molecule has 2 aliphatic heterocycles. The summed E-state index contributed by atoms with van der Waals surface area (Å²) in [5, 5.41) is 10.2. The SMILES string of the molecule is Cc1cc2c(cc1N1CCN(C3CN(C(=O)OC(C)(C)C)C3)CC1)C(C)(C)c1[nH]c3cc(C#N)ccc3c1C2=O. The summed E-state index contributed by atoms with van der Waals surface area (Å²) in [6.45, 7) is 17.2. The molecule has 3 heterocycles. The van der Waals surface area contributed by atoms with Gasteiger partial charge < -0.3 is 19.5 Å². The lowest BCUT2D eigenvalue weighted by atomic mass is 9.70. The number of piperazine rings is 1. The minimum Gasteiger partial charge on any atom is -0.444 e. The predicted octanol–water partition coefficient (Wildman–Crippen LogP) is 4.96. The highest BCUT2D eigenvalue weighted by molar-refractivity contribution is 6.20. The van der Waals surface area contributed by atoms with E-state index in [9.17, 15) is 14.9 Å². The number of nitrogens with one attached hydrogen (secondary N) is 1. The van der Waals surface area contributed by atoms with Crippen LogP contribution in [-0.4, -0.2) is 77.6 Å². The number of carbonyl (C=O) groups is 2. The number of ketones is 1. The maximum atomic E-state index is 13.8. The summed E-state index contributed by atoms with van der Waals surface area (Å²) in [5.74, 6) is 0.0410. The van der Waals surface area contributed by atoms with Crippen LogP contribution in [0.4, 0.5) is 10.5 Å². The first kappa shape index (κ1) is 26.4. The Morgan fingerprint density at radius 1 is 1.10 bits per heavy atom. The van der Waals surface area contributed by atoms with E-state index in [0.717, 1.165) is 65.0 Å². The molecule has 0 radical (unpaired) electrons. The molecule has 0 atom stereocenters. The summed E-state index contributed by atoms with van der Waals surface area (Å²) in [6.07, 6.45) is -0.229. The van der Waals surface area contributed by atoms with Crippen LogP contribution < -0.4 is 4.90 Å². The number of aromatic amines is 1. The Labute approximate surface area is 235 Å². The second-order valence-corrected chi connectivity index (χ2v) is 12.9. The van der Waals surface area contributed by atoms with Crippen LogP contribution in [0.5, 0.6) is 0 Å². The van der Waals surface area contributed by atoms with E-state index in [1.165, 1.54) is 5.69 Å². The molecule has 8 heteroatoms. The largest absolute Gasteiger partial charge is 0.444 e. The van der Waals surface area contributed by atoms with Crippen molar-refractivity contribution in [1.82, 2.24) is 14.8 Å². The van der Waals surface area contributed by atoms with E-state index < -0.39 is 11.0 Å². The molecule has 2 saturated heterocycles. The molecule has 0 spiro atoms. The van der Waals surface area contributed by atoms with E-state index in [-0.39, 0.29) is 11.9 Å². The molecule has 3 aliphatic rings. The zero-order valence-electron chi connectivity index (χ0n) is 24.2. The molecule has 3 aromatic rings. The van der Waals surface area contributed by atoms with Crippen molar-refractivity contribution in [1.29, 1.82) is 5.26 Å². The number of nitriles is 1. The number of rotatable bonds is 2. The molecular weight excluding hydrogens is 502 g/mol. The van der Waals surface area contributed by atoms with Crippen LogP contribution in [0.15, 0.2) is 30.3 Å². The third-order valence-electron chi connectivity index (χ3n) is 8.72. The number of aryl methyl sites for hydroxylation is 1. The summed E-state index contributed by atoms with van der Waals surface area (Å²) in [6, 6.07) is 12.3. The van der Waals surface area contributed by atoms with Gasteiger partial charge in [0, 0.05) is 78.6 Å². The van der Waals surface area contributed by atoms with E-state index in [2.05, 4.69) is 53.8 Å². The molecule has 6 rings (SSSR count). The van der Waals surface area contributed by atoms with E-state index >= 15 is 0 Å². The molecule has 1 N–H and O–H groups in total. The molecule has 40 heavy (non-hydrogen) atoms. The zero-order chi connectivity index (χ0) is 28.6. The van der Waals surface area contributed by atoms with Crippen LogP contribution in [0.1, 0.15) is 72.9 Å². The van der Waals surface area contributed by atoms with Crippen molar-refractivity contribution in [3.8, 4) is 6.07 Å². The van der Waals surface area contributed by atoms with Crippen LogP contribution in [0.3, 0.4) is 0 Å². The molecule has 1 amide bonds. The van der Waals surface area contributed by atoms with Crippen LogP contribution in [0, 0.1) is 18.3 Å². The zero-order valence-corrected chi connectivity index (χ0v) is 24.2. The van der Waals surface area contributed by atoms with Gasteiger partial charge in [0.2, 0.25) is 0 Å². The standard InChI is InChI=1S/C32H37N5O3/c1-19-13-23-24(32(5,6)29-27(28(23)38)22-8-7-20(16-33)14-25(22)34-29)15-26(19)36-11-9-35(10-12-36)21-17-37(18-21)30(39)40-31(2,3)4/h7-8,13-15,21,34H,9-12,17-18H2,1-6H3. The first-order valence-corrected chi connectivity index (χ1v) is 14.1. The van der Waals surface area contributed by atoms with Crippen molar-refractivity contribution in [3.05, 3.63) is 63.8 Å². The quantitative estimate of drug-likeness (QED) is 0.495. The number of carbonyl (C=O) groups excluding carboxylic acids is 2. The first-order chi connectivity index (χ1) is 18.9. The molecule has 0 bridgehead atoms. The summed E-state index contributed by atoms with van der Waals surface area (Å²) in [7, 11) is 0. The Morgan fingerprint density at radius 2 is 1.80 bits per heavy atom. The monoisotopic (exact) mass is 539 g/mol. The van der Waals surface area contributed by atoms with Gasteiger partial charge in [-0.25, -0.2) is 4.79 Å². The molecule has 2 aromatic carbocycles. The van der Waals surface area contributed by atoms with Gasteiger partial charge in [-0.15, -0.1) is 0 Å². The highest BCUT2D eigenvalue weighted by Crippen LogP contribution is 2.45. The number of amides is 1. The summed E-state index contributed by atoms with van der Waals surface area (Å²) in [4.78, 5) is 36.3. The van der Waals surface area contributed by atoms with E-state index in [1.807, 2.05) is 32.9 Å². The molecule has 1 aliphatic carbocycles. The highest BCUT2D eigenvalue weighted by Gasteiger charge is 2.41. The Morgan fingerprint density at radius 3 is 2.45 bits per heavy atom. The van der Waals surface area contributed by atoms with Gasteiger partial charge in [-0.05, 0) is 63.1 Å². The van der Waals surface area contributed by atoms with Crippen LogP contribution in [-0.2, 0) is 10.2 Å². The maximum Gasteiger partial charge on any atom is 0.410 e. The van der Waals surface area contributed by atoms with Crippen LogP contribution >= 0.6 is 0 Å². The molecule has 1 aromatic heterocycles. The second kappa shape index (κ2) is 9.10. The number of fused-ring (bicyclic) bond motifs is 4. The Kier molecular flexibility index (Phi) is 6.01. The lowest BCUT2D eigenvalue weighted by molar-refractivity contribution is -0.0162. The molecule has 2 fully saturated rings. The Balaban J connectivity index is 1.20. The number of anilines is 1. The molecule has 208 valence electrons. The number of likely N-dealkylation sites (tertiary alicyclic amines) is 1. The number of hydrogen-bond acceptors (Lipinski definition) is 6. The third-order valence-corrected chi connectivity index (χ3v) is 8.72. The number of ether oxygens (including phenoxy) is 1. The summed E-state index contributed by atoms with van der Waals surface area (Å²) in [5.41, 5.74) is 6.24. The third kappa shape index (κ3) is 4.24. The van der Waals surface area contributed by atoms with Crippen molar-refractivity contribution in [2.24, 2.45) is 0 Å². The highest BCUT2D eigenvalue weighted by atomic mass is 16.6. The summed E-state index contributed by atoms with van der Waals surface area (Å²) >= 11 is 0. The number of H-pyrrole nitrogens is 1. The fourth-order valence-electron chi connectivity index (χ4n) is 6.47. The van der Waals surface area contributed by atoms with Gasteiger partial charge in [0.25, 0.3) is 0 Å². The van der Waals surface area contributed by atoms with E-state index in [1.54, 1.807) is 11.0 Å². The number of aromatic nitrogens is 1. The average Bonchev–Trinajstić information content (AvgIpc) is 3.26. The van der Waals surface area contributed by atoms with Crippen molar-refractivity contribution in [2.45, 2.75) is 58.6 Å². The number of nitrogens with zero attached hydrogens (tertiary/aromatic N) is 4. The number of hydrogen-bond donors (Lipinski definition) is 1. The summed E-state index contributed by atoms with van der Waals surface area (Å²) < 4.78 is 5.51. The van der Waals surface area contributed by atoms with Gasteiger partial charge in [0.1, 0.15) is 5.60 Å². The maximum absolute atomic E-state index is 13.8. The molecular formula is C32H37N5O3. The minimum atomic E-state index is -0.476. The minimum absolute atomic E-state index is 0.0410. The van der Waals surface area contributed by atoms with Gasteiger partial charge in [0.05, 0.1) is 17.2 Å². The van der Waals surface area contributed by atoms with Gasteiger partial charge in [-0.3, -0.25) is 9.69 Å².